The van der Waals surface area contributed by atoms with Crippen LogP contribution >= 0.6 is 0 Å². The quantitative estimate of drug-likeness (QED) is 0.729. The monoisotopic (exact) mass is 368 g/mol. The van der Waals surface area contributed by atoms with Gasteiger partial charge >= 0.3 is 0 Å². The van der Waals surface area contributed by atoms with Gasteiger partial charge in [-0.3, -0.25) is 9.59 Å². The number of carbonyl (C=O) groups excluding carboxylic acids is 2. The summed E-state index contributed by atoms with van der Waals surface area (Å²) in [6, 6.07) is 14.7. The van der Waals surface area contributed by atoms with Crippen molar-refractivity contribution in [1.82, 2.24) is 5.32 Å². The predicted octanol–water partition coefficient (Wildman–Crippen LogP) is 4.32. The largest absolute Gasteiger partial charge is 0.480 e. The lowest BCUT2D eigenvalue weighted by atomic mass is 10.1. The highest BCUT2D eigenvalue weighted by Crippen LogP contribution is 2.21. The lowest BCUT2D eigenvalue weighted by Crippen LogP contribution is -2.35. The van der Waals surface area contributed by atoms with Gasteiger partial charge in [0.15, 0.2) is 6.10 Å². The molecule has 0 saturated carbocycles. The Hall–Kier alpha value is -2.82. The fourth-order valence-corrected chi connectivity index (χ4v) is 2.57. The second-order valence-electron chi connectivity index (χ2n) is 6.60. The number of hydrogen-bond acceptors (Lipinski definition) is 3. The van der Waals surface area contributed by atoms with Crippen LogP contribution in [0.3, 0.4) is 0 Å². The summed E-state index contributed by atoms with van der Waals surface area (Å²) < 4.78 is 5.90. The van der Waals surface area contributed by atoms with E-state index in [0.717, 1.165) is 12.0 Å². The Labute approximate surface area is 161 Å². The molecule has 144 valence electrons. The van der Waals surface area contributed by atoms with Gasteiger partial charge in [0.1, 0.15) is 5.75 Å². The predicted molar refractivity (Wildman–Crippen MR) is 108 cm³/mol. The van der Waals surface area contributed by atoms with Crippen molar-refractivity contribution >= 4 is 17.5 Å². The van der Waals surface area contributed by atoms with E-state index < -0.39 is 6.10 Å². The van der Waals surface area contributed by atoms with Crippen molar-refractivity contribution in [2.75, 3.05) is 5.32 Å². The van der Waals surface area contributed by atoms with Crippen molar-refractivity contribution in [3.8, 4) is 5.75 Å². The first-order valence-corrected chi connectivity index (χ1v) is 9.39. The van der Waals surface area contributed by atoms with Crippen LogP contribution in [0.4, 0.5) is 5.69 Å². The van der Waals surface area contributed by atoms with Crippen molar-refractivity contribution < 1.29 is 14.3 Å². The van der Waals surface area contributed by atoms with Crippen molar-refractivity contribution in [2.45, 2.75) is 52.7 Å². The van der Waals surface area contributed by atoms with Gasteiger partial charge in [0, 0.05) is 6.04 Å². The molecule has 5 heteroatoms. The Morgan fingerprint density at radius 3 is 2.33 bits per heavy atom. The number of rotatable bonds is 8. The summed E-state index contributed by atoms with van der Waals surface area (Å²) in [5.41, 5.74) is 1.89. The van der Waals surface area contributed by atoms with Crippen LogP contribution in [0.25, 0.3) is 0 Å². The number of hydrogen-bond donors (Lipinski definition) is 2. The average molecular weight is 368 g/mol. The first kappa shape index (κ1) is 20.5. The van der Waals surface area contributed by atoms with Crippen LogP contribution < -0.4 is 15.4 Å². The molecule has 2 rings (SSSR count). The van der Waals surface area contributed by atoms with Gasteiger partial charge in [0.05, 0.1) is 11.3 Å². The number of anilines is 1. The number of benzene rings is 2. The van der Waals surface area contributed by atoms with Crippen LogP contribution in [-0.4, -0.2) is 24.0 Å². The lowest BCUT2D eigenvalue weighted by Gasteiger charge is -2.20. The fourth-order valence-electron chi connectivity index (χ4n) is 2.57. The molecule has 0 aromatic heterocycles. The minimum atomic E-state index is -0.642. The van der Waals surface area contributed by atoms with Crippen LogP contribution in [0.1, 0.15) is 49.5 Å². The van der Waals surface area contributed by atoms with Crippen LogP contribution in [0.5, 0.6) is 5.75 Å². The maximum atomic E-state index is 12.7. The summed E-state index contributed by atoms with van der Waals surface area (Å²) in [5.74, 6) is 0.208. The van der Waals surface area contributed by atoms with E-state index in [2.05, 4.69) is 10.6 Å². The smallest absolute Gasteiger partial charge is 0.265 e. The van der Waals surface area contributed by atoms with Crippen molar-refractivity contribution in [1.29, 1.82) is 0 Å². The molecular formula is C22H28N2O3. The minimum absolute atomic E-state index is 0.0639. The highest BCUT2D eigenvalue weighted by molar-refractivity contribution is 6.04. The molecule has 5 nitrogen and oxygen atoms in total. The molecule has 0 radical (unpaired) electrons. The molecule has 27 heavy (non-hydrogen) atoms. The van der Waals surface area contributed by atoms with Gasteiger partial charge in [-0.05, 0) is 50.5 Å². The summed E-state index contributed by atoms with van der Waals surface area (Å²) in [6.07, 6.45) is 0.709. The Kier molecular flexibility index (Phi) is 7.41. The number of para-hydroxylation sites is 2. The second-order valence-corrected chi connectivity index (χ2v) is 6.60. The van der Waals surface area contributed by atoms with Gasteiger partial charge < -0.3 is 15.4 Å². The first-order valence-electron chi connectivity index (χ1n) is 9.39. The van der Waals surface area contributed by atoms with Crippen LogP contribution in [0, 0.1) is 6.92 Å². The summed E-state index contributed by atoms with van der Waals surface area (Å²) in [7, 11) is 0. The highest BCUT2D eigenvalue weighted by atomic mass is 16.5. The highest BCUT2D eigenvalue weighted by Gasteiger charge is 2.21. The van der Waals surface area contributed by atoms with E-state index in [1.54, 1.807) is 24.3 Å². The maximum Gasteiger partial charge on any atom is 0.265 e. The Morgan fingerprint density at radius 1 is 1.00 bits per heavy atom. The van der Waals surface area contributed by atoms with Crippen LogP contribution in [0.15, 0.2) is 48.5 Å². The van der Waals surface area contributed by atoms with Gasteiger partial charge in [-0.25, -0.2) is 0 Å². The van der Waals surface area contributed by atoms with Crippen LogP contribution in [-0.2, 0) is 4.79 Å². The van der Waals surface area contributed by atoms with Crippen molar-refractivity contribution in [2.24, 2.45) is 0 Å². The summed E-state index contributed by atoms with van der Waals surface area (Å²) in [4.78, 5) is 25.2. The molecule has 0 fully saturated rings. The molecular weight excluding hydrogens is 340 g/mol. The molecule has 0 spiro atoms. The Balaban J connectivity index is 2.14. The zero-order chi connectivity index (χ0) is 19.8. The Bertz CT molecular complexity index is 789. The third kappa shape index (κ3) is 5.58. The molecule has 0 bridgehead atoms. The van der Waals surface area contributed by atoms with Gasteiger partial charge in [-0.1, -0.05) is 44.2 Å². The van der Waals surface area contributed by atoms with E-state index in [4.69, 9.17) is 4.74 Å². The second kappa shape index (κ2) is 9.76. The number of aryl methyl sites for hydroxylation is 1. The van der Waals surface area contributed by atoms with E-state index in [0.29, 0.717) is 23.4 Å². The molecule has 2 aromatic carbocycles. The normalized spacial score (nSPS) is 12.7. The molecule has 0 aliphatic carbocycles. The van der Waals surface area contributed by atoms with Crippen LogP contribution in [0.2, 0.25) is 0 Å². The number of carbonyl (C=O) groups is 2. The molecule has 0 saturated heterocycles. The fraction of sp³-hybridized carbons (Fsp3) is 0.364. The summed E-state index contributed by atoms with van der Waals surface area (Å²) in [6.45, 7) is 7.79. The summed E-state index contributed by atoms with van der Waals surface area (Å²) in [5, 5.41) is 5.78. The van der Waals surface area contributed by atoms with Gasteiger partial charge in [0.25, 0.3) is 11.8 Å². The minimum Gasteiger partial charge on any atom is -0.480 e. The Morgan fingerprint density at radius 2 is 1.67 bits per heavy atom. The zero-order valence-corrected chi connectivity index (χ0v) is 16.4. The molecule has 0 aliphatic rings. The molecule has 2 amide bonds. The average Bonchev–Trinajstić information content (AvgIpc) is 2.67. The number of amides is 2. The number of nitrogens with one attached hydrogen (secondary N) is 2. The third-order valence-corrected chi connectivity index (χ3v) is 4.45. The van der Waals surface area contributed by atoms with Crippen molar-refractivity contribution in [3.05, 3.63) is 59.7 Å². The van der Waals surface area contributed by atoms with Crippen molar-refractivity contribution in [3.63, 3.8) is 0 Å². The van der Waals surface area contributed by atoms with E-state index in [9.17, 15) is 9.59 Å². The lowest BCUT2D eigenvalue weighted by molar-refractivity contribution is -0.122. The standard InChI is InChI=1S/C22H28N2O3/c1-5-16(4)23-21(25)17-12-8-9-13-18(17)24-22(26)19(6-2)27-20-14-10-7-11-15(20)3/h7-14,16,19H,5-6H2,1-4H3,(H,23,25)(H,24,26)/t16-,19+/m1/s1. The zero-order valence-electron chi connectivity index (χ0n) is 16.4. The van der Waals surface area contributed by atoms with E-state index in [-0.39, 0.29) is 17.9 Å². The SMILES string of the molecule is CC[C@@H](C)NC(=O)c1ccccc1NC(=O)[C@H](CC)Oc1ccccc1C. The number of ether oxygens (including phenoxy) is 1. The molecule has 2 aromatic rings. The van der Waals surface area contributed by atoms with Gasteiger partial charge in [-0.15, -0.1) is 0 Å². The molecule has 2 atom stereocenters. The van der Waals surface area contributed by atoms with Gasteiger partial charge in [0.2, 0.25) is 0 Å². The topological polar surface area (TPSA) is 67.4 Å². The first-order chi connectivity index (χ1) is 13.0. The van der Waals surface area contributed by atoms with E-state index in [1.165, 1.54) is 0 Å². The molecule has 0 unspecified atom stereocenters. The van der Waals surface area contributed by atoms with E-state index in [1.807, 2.05) is 52.0 Å². The molecule has 0 aliphatic heterocycles. The third-order valence-electron chi connectivity index (χ3n) is 4.45. The van der Waals surface area contributed by atoms with E-state index >= 15 is 0 Å². The molecule has 2 N–H and O–H groups in total. The van der Waals surface area contributed by atoms with Gasteiger partial charge in [-0.2, -0.15) is 0 Å². The maximum absolute atomic E-state index is 12.7. The summed E-state index contributed by atoms with van der Waals surface area (Å²) >= 11 is 0. The molecule has 0 heterocycles.